The first-order valence-electron chi connectivity index (χ1n) is 7.00. The molecule has 0 radical (unpaired) electrons. The van der Waals surface area contributed by atoms with E-state index < -0.39 is 10.7 Å². The number of nitrogens with one attached hydrogen (secondary N) is 1. The molecule has 2 aromatic rings. The quantitative estimate of drug-likeness (QED) is 0.453. The van der Waals surface area contributed by atoms with Gasteiger partial charge in [-0.2, -0.15) is 9.78 Å². The molecule has 0 saturated carbocycles. The van der Waals surface area contributed by atoms with Crippen molar-refractivity contribution in [2.24, 2.45) is 0 Å². The summed E-state index contributed by atoms with van der Waals surface area (Å²) in [6, 6.07) is 10.0. The maximum absolute atomic E-state index is 13.9. The molecule has 0 fully saturated rings. The zero-order chi connectivity index (χ0) is 16.8. The number of hydrogen-bond donors (Lipinski definition) is 1. The zero-order valence-electron chi connectivity index (χ0n) is 12.1. The van der Waals surface area contributed by atoms with E-state index in [2.05, 4.69) is 10.1 Å². The summed E-state index contributed by atoms with van der Waals surface area (Å²) in [5.41, 5.74) is 0.868. The van der Waals surface area contributed by atoms with Crippen molar-refractivity contribution in [2.75, 3.05) is 0 Å². The second-order valence-electron chi connectivity index (χ2n) is 5.20. The van der Waals surface area contributed by atoms with Gasteiger partial charge in [0, 0.05) is 23.7 Å². The average Bonchev–Trinajstić information content (AvgIpc) is 2.93. The highest BCUT2D eigenvalue weighted by atomic mass is 19.1. The number of hydrogen-bond acceptors (Lipinski definition) is 4. The lowest BCUT2D eigenvalue weighted by atomic mass is 10.1. The summed E-state index contributed by atoms with van der Waals surface area (Å²) in [4.78, 5) is 25.5. The number of aromatic nitrogens is 3. The average molecular weight is 324 g/mol. The van der Waals surface area contributed by atoms with E-state index in [0.29, 0.717) is 22.3 Å². The highest BCUT2D eigenvalue weighted by Crippen LogP contribution is 2.27. The van der Waals surface area contributed by atoms with Crippen molar-refractivity contribution in [1.29, 1.82) is 0 Å². The molecular weight excluding hydrogens is 315 g/mol. The molecule has 2 aliphatic heterocycles. The van der Waals surface area contributed by atoms with Crippen LogP contribution in [0.5, 0.6) is 0 Å². The number of H-pyrrole nitrogens is 1. The van der Waals surface area contributed by atoms with Gasteiger partial charge in [0.2, 0.25) is 0 Å². The molecule has 0 bridgehead atoms. The Morgan fingerprint density at radius 3 is 2.62 bits per heavy atom. The van der Waals surface area contributed by atoms with E-state index >= 15 is 0 Å². The largest absolute Gasteiger partial charge is 0.358 e. The molecule has 0 aliphatic carbocycles. The van der Waals surface area contributed by atoms with Gasteiger partial charge < -0.3 is 4.98 Å². The molecule has 2 aromatic carbocycles. The maximum atomic E-state index is 13.9. The number of nitrogens with zero attached hydrogens (tertiary/aromatic N) is 3. The lowest BCUT2D eigenvalue weighted by Crippen LogP contribution is -2.14. The standard InChI is InChI=1S/C16H9FN4O3/c17-13-3-1-2-11-14-12(8-18-15(11)13)16(22)20(19-14)9-4-6-10(7-5-9)21(23)24/h1-8,18H. The van der Waals surface area contributed by atoms with Gasteiger partial charge in [-0.3, -0.25) is 14.9 Å². The molecule has 0 saturated heterocycles. The smallest absolute Gasteiger partial charge is 0.282 e. The predicted molar refractivity (Wildman–Crippen MR) is 84.9 cm³/mol. The Hall–Kier alpha value is -3.55. The molecule has 0 aromatic heterocycles. The number of para-hydroxylation sites is 1. The minimum absolute atomic E-state index is 0.0798. The monoisotopic (exact) mass is 324 g/mol. The van der Waals surface area contributed by atoms with Gasteiger partial charge in [0.1, 0.15) is 11.5 Å². The number of non-ortho nitro benzene ring substituents is 1. The predicted octanol–water partition coefficient (Wildman–Crippen LogP) is 2.87. The summed E-state index contributed by atoms with van der Waals surface area (Å²) in [5, 5.41) is 15.5. The van der Waals surface area contributed by atoms with Crippen LogP contribution >= 0.6 is 0 Å². The molecule has 24 heavy (non-hydrogen) atoms. The topological polar surface area (TPSA) is 93.8 Å². The van der Waals surface area contributed by atoms with Crippen molar-refractivity contribution >= 4 is 16.6 Å². The van der Waals surface area contributed by atoms with Gasteiger partial charge in [-0.1, -0.05) is 12.1 Å². The molecule has 0 amide bonds. The number of benzene rings is 2. The summed E-state index contributed by atoms with van der Waals surface area (Å²) >= 11 is 0. The Morgan fingerprint density at radius 2 is 1.92 bits per heavy atom. The van der Waals surface area contributed by atoms with Crippen LogP contribution in [-0.2, 0) is 0 Å². The normalized spacial score (nSPS) is 11.2. The number of nitro benzene ring substituents is 1. The van der Waals surface area contributed by atoms with E-state index in [1.54, 1.807) is 12.1 Å². The fourth-order valence-electron chi connectivity index (χ4n) is 2.65. The number of aromatic amines is 1. The Labute approximate surface area is 133 Å². The van der Waals surface area contributed by atoms with Crippen LogP contribution in [0.4, 0.5) is 10.1 Å². The van der Waals surface area contributed by atoms with E-state index in [1.165, 1.54) is 36.5 Å². The summed E-state index contributed by atoms with van der Waals surface area (Å²) in [6.07, 6.45) is 1.41. The van der Waals surface area contributed by atoms with Gasteiger partial charge in [0.15, 0.2) is 0 Å². The van der Waals surface area contributed by atoms with Crippen molar-refractivity contribution in [2.45, 2.75) is 0 Å². The van der Waals surface area contributed by atoms with Gasteiger partial charge >= 0.3 is 0 Å². The van der Waals surface area contributed by atoms with Crippen LogP contribution in [0.3, 0.4) is 0 Å². The molecular formula is C16H9FN4O3. The van der Waals surface area contributed by atoms with Crippen molar-refractivity contribution in [3.05, 3.63) is 74.9 Å². The molecule has 1 N–H and O–H groups in total. The van der Waals surface area contributed by atoms with E-state index in [1.807, 2.05) is 0 Å². The van der Waals surface area contributed by atoms with Crippen molar-refractivity contribution in [3.63, 3.8) is 0 Å². The number of halogens is 1. The van der Waals surface area contributed by atoms with Crippen LogP contribution in [0.2, 0.25) is 0 Å². The van der Waals surface area contributed by atoms with Gasteiger partial charge in [0.25, 0.3) is 11.2 Å². The minimum Gasteiger partial charge on any atom is -0.358 e. The second-order valence-corrected chi connectivity index (χ2v) is 5.20. The van der Waals surface area contributed by atoms with E-state index in [0.717, 1.165) is 4.68 Å². The number of nitro groups is 1. The van der Waals surface area contributed by atoms with Crippen LogP contribution in [0.15, 0.2) is 53.5 Å². The van der Waals surface area contributed by atoms with Crippen LogP contribution in [0.25, 0.3) is 27.8 Å². The third-order valence-corrected chi connectivity index (χ3v) is 3.81. The number of rotatable bonds is 2. The molecule has 7 nitrogen and oxygen atoms in total. The lowest BCUT2D eigenvalue weighted by Gasteiger charge is -2.02. The van der Waals surface area contributed by atoms with Crippen LogP contribution in [0, 0.1) is 15.9 Å². The van der Waals surface area contributed by atoms with Gasteiger partial charge in [0.05, 0.1) is 21.7 Å². The van der Waals surface area contributed by atoms with Crippen molar-refractivity contribution in [1.82, 2.24) is 14.8 Å². The van der Waals surface area contributed by atoms with Crippen LogP contribution < -0.4 is 5.56 Å². The van der Waals surface area contributed by atoms with E-state index in [-0.39, 0.29) is 16.8 Å². The molecule has 0 unspecified atom stereocenters. The molecule has 8 heteroatoms. The molecule has 0 atom stereocenters. The SMILES string of the molecule is O=c1c2c[nH]c3c(F)cccc3c-2nn1-c1ccc([N+](=O)[O-])cc1. The van der Waals surface area contributed by atoms with Gasteiger partial charge in [-0.25, -0.2) is 4.39 Å². The molecule has 2 aliphatic rings. The third-order valence-electron chi connectivity index (χ3n) is 3.81. The van der Waals surface area contributed by atoms with Gasteiger partial charge in [-0.15, -0.1) is 0 Å². The summed E-state index contributed by atoms with van der Waals surface area (Å²) in [5.74, 6) is -0.438. The fraction of sp³-hybridized carbons (Fsp3) is 0. The fourth-order valence-corrected chi connectivity index (χ4v) is 2.65. The molecule has 118 valence electrons. The van der Waals surface area contributed by atoms with Crippen molar-refractivity contribution in [3.8, 4) is 16.9 Å². The molecule has 2 heterocycles. The Balaban J connectivity index is 1.97. The van der Waals surface area contributed by atoms with E-state index in [9.17, 15) is 19.3 Å². The highest BCUT2D eigenvalue weighted by Gasteiger charge is 2.20. The van der Waals surface area contributed by atoms with Gasteiger partial charge in [-0.05, 0) is 18.2 Å². The lowest BCUT2D eigenvalue weighted by molar-refractivity contribution is -0.384. The second kappa shape index (κ2) is 4.98. The Bertz CT molecular complexity index is 1110. The first-order chi connectivity index (χ1) is 11.6. The summed E-state index contributed by atoms with van der Waals surface area (Å²) in [6.45, 7) is 0. The highest BCUT2D eigenvalue weighted by molar-refractivity contribution is 5.93. The summed E-state index contributed by atoms with van der Waals surface area (Å²) in [7, 11) is 0. The maximum Gasteiger partial charge on any atom is 0.282 e. The summed E-state index contributed by atoms with van der Waals surface area (Å²) < 4.78 is 15.0. The first kappa shape index (κ1) is 14.1. The molecule has 4 rings (SSSR count). The minimum atomic E-state index is -0.521. The van der Waals surface area contributed by atoms with Crippen molar-refractivity contribution < 1.29 is 9.31 Å². The Kier molecular flexibility index (Phi) is 2.92. The third kappa shape index (κ3) is 1.97. The van der Waals surface area contributed by atoms with Crippen LogP contribution in [-0.4, -0.2) is 19.7 Å². The zero-order valence-corrected chi connectivity index (χ0v) is 12.1. The van der Waals surface area contributed by atoms with E-state index in [4.69, 9.17) is 0 Å². The number of fused-ring (bicyclic) bond motifs is 3. The molecule has 0 spiro atoms. The van der Waals surface area contributed by atoms with Crippen LogP contribution in [0.1, 0.15) is 0 Å². The Morgan fingerprint density at radius 1 is 1.17 bits per heavy atom. The number of pyridine rings is 1. The first-order valence-corrected chi connectivity index (χ1v) is 7.00.